The second kappa shape index (κ2) is 3.84. The summed E-state index contributed by atoms with van der Waals surface area (Å²) in [6, 6.07) is 8.52. The predicted octanol–water partition coefficient (Wildman–Crippen LogP) is 2.62. The molecule has 2 rings (SSSR count). The lowest BCUT2D eigenvalue weighted by Gasteiger charge is -2.11. The lowest BCUT2D eigenvalue weighted by atomic mass is 9.96. The van der Waals surface area contributed by atoms with Crippen LogP contribution in [0.4, 0.5) is 0 Å². The van der Waals surface area contributed by atoms with Gasteiger partial charge in [0.25, 0.3) is 0 Å². The SMILES string of the molecule is CC(CCN)c1cccc2cc[nH]c12. The van der Waals surface area contributed by atoms with Crippen molar-refractivity contribution < 1.29 is 0 Å². The Balaban J connectivity index is 2.45. The fraction of sp³-hybridized carbons (Fsp3) is 0.333. The summed E-state index contributed by atoms with van der Waals surface area (Å²) in [5.74, 6) is 0.530. The van der Waals surface area contributed by atoms with Gasteiger partial charge < -0.3 is 10.7 Å². The predicted molar refractivity (Wildman–Crippen MR) is 60.4 cm³/mol. The molecule has 1 aromatic carbocycles. The van der Waals surface area contributed by atoms with Gasteiger partial charge >= 0.3 is 0 Å². The Hall–Kier alpha value is -1.28. The highest BCUT2D eigenvalue weighted by molar-refractivity contribution is 5.82. The Kier molecular flexibility index (Phi) is 2.55. The average molecular weight is 188 g/mol. The minimum atomic E-state index is 0.530. The molecule has 0 aliphatic carbocycles. The molecule has 1 atom stereocenters. The Morgan fingerprint density at radius 2 is 2.21 bits per heavy atom. The fourth-order valence-corrected chi connectivity index (χ4v) is 1.93. The van der Waals surface area contributed by atoms with E-state index in [1.165, 1.54) is 16.5 Å². The van der Waals surface area contributed by atoms with E-state index in [0.717, 1.165) is 13.0 Å². The van der Waals surface area contributed by atoms with Gasteiger partial charge in [-0.1, -0.05) is 25.1 Å². The number of nitrogens with two attached hydrogens (primary N) is 1. The molecular weight excluding hydrogens is 172 g/mol. The molecule has 2 nitrogen and oxygen atoms in total. The summed E-state index contributed by atoms with van der Waals surface area (Å²) in [6.45, 7) is 2.97. The first-order chi connectivity index (χ1) is 6.83. The van der Waals surface area contributed by atoms with E-state index in [0.29, 0.717) is 5.92 Å². The van der Waals surface area contributed by atoms with E-state index < -0.39 is 0 Å². The van der Waals surface area contributed by atoms with Gasteiger partial charge in [0.1, 0.15) is 0 Å². The zero-order valence-corrected chi connectivity index (χ0v) is 8.46. The second-order valence-corrected chi connectivity index (χ2v) is 3.77. The summed E-state index contributed by atoms with van der Waals surface area (Å²) < 4.78 is 0. The number of fused-ring (bicyclic) bond motifs is 1. The van der Waals surface area contributed by atoms with E-state index in [4.69, 9.17) is 5.73 Å². The van der Waals surface area contributed by atoms with Gasteiger partial charge in [0.15, 0.2) is 0 Å². The van der Waals surface area contributed by atoms with E-state index >= 15 is 0 Å². The molecule has 0 bridgehead atoms. The number of H-pyrrole nitrogens is 1. The van der Waals surface area contributed by atoms with Gasteiger partial charge in [-0.2, -0.15) is 0 Å². The van der Waals surface area contributed by atoms with Gasteiger partial charge in [0, 0.05) is 11.7 Å². The summed E-state index contributed by atoms with van der Waals surface area (Å²) in [7, 11) is 0. The van der Waals surface area contributed by atoms with Crippen LogP contribution in [0, 0.1) is 0 Å². The van der Waals surface area contributed by atoms with Crippen LogP contribution in [-0.2, 0) is 0 Å². The topological polar surface area (TPSA) is 41.8 Å². The van der Waals surface area contributed by atoms with Crippen molar-refractivity contribution >= 4 is 10.9 Å². The average Bonchev–Trinajstić information content (AvgIpc) is 2.65. The van der Waals surface area contributed by atoms with E-state index in [-0.39, 0.29) is 0 Å². The Labute approximate surface area is 84.1 Å². The highest BCUT2D eigenvalue weighted by atomic mass is 14.7. The van der Waals surface area contributed by atoms with Crippen molar-refractivity contribution in [3.63, 3.8) is 0 Å². The van der Waals surface area contributed by atoms with Gasteiger partial charge in [0.05, 0.1) is 0 Å². The van der Waals surface area contributed by atoms with Crippen molar-refractivity contribution in [1.29, 1.82) is 0 Å². The van der Waals surface area contributed by atoms with Crippen molar-refractivity contribution in [2.24, 2.45) is 5.73 Å². The number of benzene rings is 1. The molecule has 0 aliphatic rings. The molecule has 2 heteroatoms. The third-order valence-electron chi connectivity index (χ3n) is 2.75. The highest BCUT2D eigenvalue weighted by Crippen LogP contribution is 2.25. The number of rotatable bonds is 3. The monoisotopic (exact) mass is 188 g/mol. The summed E-state index contributed by atoms with van der Waals surface area (Å²) >= 11 is 0. The van der Waals surface area contributed by atoms with Crippen LogP contribution in [0.1, 0.15) is 24.8 Å². The number of para-hydroxylation sites is 1. The van der Waals surface area contributed by atoms with Crippen LogP contribution in [0.5, 0.6) is 0 Å². The molecule has 0 saturated heterocycles. The van der Waals surface area contributed by atoms with Crippen LogP contribution in [0.2, 0.25) is 0 Å². The van der Waals surface area contributed by atoms with Crippen LogP contribution in [0.15, 0.2) is 30.5 Å². The maximum Gasteiger partial charge on any atom is 0.0489 e. The van der Waals surface area contributed by atoms with E-state index in [1.807, 2.05) is 6.20 Å². The van der Waals surface area contributed by atoms with Crippen LogP contribution in [-0.4, -0.2) is 11.5 Å². The largest absolute Gasteiger partial charge is 0.361 e. The maximum atomic E-state index is 5.58. The first kappa shape index (κ1) is 9.28. The molecule has 0 fully saturated rings. The lowest BCUT2D eigenvalue weighted by molar-refractivity contribution is 0.694. The molecule has 74 valence electrons. The van der Waals surface area contributed by atoms with E-state index in [9.17, 15) is 0 Å². The molecule has 0 saturated carbocycles. The Morgan fingerprint density at radius 3 is 3.00 bits per heavy atom. The maximum absolute atomic E-state index is 5.58. The van der Waals surface area contributed by atoms with Crippen LogP contribution in [0.25, 0.3) is 10.9 Å². The molecule has 1 unspecified atom stereocenters. The second-order valence-electron chi connectivity index (χ2n) is 3.77. The number of aromatic nitrogens is 1. The summed E-state index contributed by atoms with van der Waals surface area (Å²) in [5, 5.41) is 1.28. The number of hydrogen-bond donors (Lipinski definition) is 2. The number of aromatic amines is 1. The molecule has 0 amide bonds. The Morgan fingerprint density at radius 1 is 1.36 bits per heavy atom. The highest BCUT2D eigenvalue weighted by Gasteiger charge is 2.08. The molecule has 1 aromatic heterocycles. The Bertz CT molecular complexity index is 417. The first-order valence-electron chi connectivity index (χ1n) is 5.09. The molecule has 14 heavy (non-hydrogen) atoms. The smallest absolute Gasteiger partial charge is 0.0489 e. The molecule has 0 aliphatic heterocycles. The van der Waals surface area contributed by atoms with Gasteiger partial charge in [-0.25, -0.2) is 0 Å². The summed E-state index contributed by atoms with van der Waals surface area (Å²) in [5.41, 5.74) is 8.21. The third kappa shape index (κ3) is 1.53. The summed E-state index contributed by atoms with van der Waals surface area (Å²) in [6.07, 6.45) is 3.03. The quantitative estimate of drug-likeness (QED) is 0.763. The minimum absolute atomic E-state index is 0.530. The lowest BCUT2D eigenvalue weighted by Crippen LogP contribution is -2.04. The number of nitrogens with one attached hydrogen (secondary N) is 1. The molecule has 0 spiro atoms. The van der Waals surface area contributed by atoms with Crippen LogP contribution < -0.4 is 5.73 Å². The van der Waals surface area contributed by atoms with Crippen LogP contribution in [0.3, 0.4) is 0 Å². The van der Waals surface area contributed by atoms with Crippen molar-refractivity contribution in [3.05, 3.63) is 36.0 Å². The summed E-state index contributed by atoms with van der Waals surface area (Å²) in [4.78, 5) is 3.29. The van der Waals surface area contributed by atoms with Crippen molar-refractivity contribution in [1.82, 2.24) is 4.98 Å². The third-order valence-corrected chi connectivity index (χ3v) is 2.75. The zero-order chi connectivity index (χ0) is 9.97. The molecule has 2 aromatic rings. The fourth-order valence-electron chi connectivity index (χ4n) is 1.93. The minimum Gasteiger partial charge on any atom is -0.361 e. The van der Waals surface area contributed by atoms with Crippen molar-refractivity contribution in [3.8, 4) is 0 Å². The first-order valence-corrected chi connectivity index (χ1v) is 5.09. The van der Waals surface area contributed by atoms with E-state index in [1.54, 1.807) is 0 Å². The van der Waals surface area contributed by atoms with Gasteiger partial charge in [-0.3, -0.25) is 0 Å². The molecule has 1 heterocycles. The standard InChI is InChI=1S/C12H16N2/c1-9(5-7-13)11-4-2-3-10-6-8-14-12(10)11/h2-4,6,8-9,14H,5,7,13H2,1H3. The van der Waals surface area contributed by atoms with E-state index in [2.05, 4.69) is 36.2 Å². The van der Waals surface area contributed by atoms with Crippen molar-refractivity contribution in [2.45, 2.75) is 19.3 Å². The van der Waals surface area contributed by atoms with Crippen molar-refractivity contribution in [2.75, 3.05) is 6.54 Å². The molecule has 0 radical (unpaired) electrons. The molecule has 3 N–H and O–H groups in total. The van der Waals surface area contributed by atoms with Gasteiger partial charge in [0.2, 0.25) is 0 Å². The van der Waals surface area contributed by atoms with Gasteiger partial charge in [-0.15, -0.1) is 0 Å². The van der Waals surface area contributed by atoms with Gasteiger partial charge in [-0.05, 0) is 35.9 Å². The normalized spacial score (nSPS) is 13.3. The van der Waals surface area contributed by atoms with Crippen LogP contribution >= 0.6 is 0 Å². The zero-order valence-electron chi connectivity index (χ0n) is 8.46. The number of hydrogen-bond acceptors (Lipinski definition) is 1. The molecular formula is C12H16N2.